The van der Waals surface area contributed by atoms with Crippen molar-refractivity contribution in [1.82, 2.24) is 15.4 Å². The Labute approximate surface area is 91.5 Å². The molecule has 0 N–H and O–H groups in total. The van der Waals surface area contributed by atoms with Crippen molar-refractivity contribution in [3.05, 3.63) is 30.0 Å². The van der Waals surface area contributed by atoms with Crippen molar-refractivity contribution >= 4 is 10.9 Å². The van der Waals surface area contributed by atoms with Crippen LogP contribution in [0.5, 0.6) is 0 Å². The molecule has 0 saturated carbocycles. The number of hydrogen-bond acceptors (Lipinski definition) is 3. The molecule has 0 unspecified atom stereocenters. The summed E-state index contributed by atoms with van der Waals surface area (Å²) in [4.78, 5) is 0. The van der Waals surface area contributed by atoms with Gasteiger partial charge in [-0.15, -0.1) is 10.2 Å². The number of hydrogen-bond donors (Lipinski definition) is 0. The van der Waals surface area contributed by atoms with Gasteiger partial charge in [0, 0.05) is 5.39 Å². The number of nitrogens with zero attached hydrogens (tertiary/aromatic N) is 3. The first-order valence-corrected chi connectivity index (χ1v) is 5.41. The normalized spacial score (nSPS) is 8.33. The molecule has 3 nitrogen and oxygen atoms in total. The first kappa shape index (κ1) is 13.5. The lowest BCUT2D eigenvalue weighted by molar-refractivity contribution is 0.895. The van der Waals surface area contributed by atoms with Gasteiger partial charge in [0.25, 0.3) is 0 Å². The van der Waals surface area contributed by atoms with E-state index in [1.807, 2.05) is 52.8 Å². The Morgan fingerprint density at radius 3 is 2.33 bits per heavy atom. The third kappa shape index (κ3) is 4.02. The summed E-state index contributed by atoms with van der Waals surface area (Å²) < 4.78 is 0. The Morgan fingerprint density at radius 1 is 1.00 bits per heavy atom. The number of aryl methyl sites for hydroxylation is 1. The molecule has 1 aromatic carbocycles. The van der Waals surface area contributed by atoms with Crippen molar-refractivity contribution in [1.29, 1.82) is 0 Å². The fourth-order valence-electron chi connectivity index (χ4n) is 1.03. The molecule has 0 atom stereocenters. The van der Waals surface area contributed by atoms with Gasteiger partial charge in [0.05, 0.1) is 11.7 Å². The predicted molar refractivity (Wildman–Crippen MR) is 64.8 cm³/mol. The van der Waals surface area contributed by atoms with Gasteiger partial charge in [0.2, 0.25) is 0 Å². The van der Waals surface area contributed by atoms with Gasteiger partial charge in [0.1, 0.15) is 0 Å². The molecule has 15 heavy (non-hydrogen) atoms. The molecule has 1 heterocycles. The minimum Gasteiger partial charge on any atom is -0.138 e. The smallest absolute Gasteiger partial charge is 0.0963 e. The molecule has 0 radical (unpaired) electrons. The van der Waals surface area contributed by atoms with Crippen LogP contribution >= 0.6 is 0 Å². The maximum atomic E-state index is 3.86. The summed E-state index contributed by atoms with van der Waals surface area (Å²) in [5.74, 6) is 0. The second-order valence-corrected chi connectivity index (χ2v) is 2.50. The van der Waals surface area contributed by atoms with Crippen molar-refractivity contribution in [2.45, 2.75) is 34.6 Å². The fraction of sp³-hybridized carbons (Fsp3) is 0.417. The van der Waals surface area contributed by atoms with Gasteiger partial charge < -0.3 is 0 Å². The quantitative estimate of drug-likeness (QED) is 0.661. The summed E-state index contributed by atoms with van der Waals surface area (Å²) in [7, 11) is 0. The molecule has 0 bridgehead atoms. The fourth-order valence-corrected chi connectivity index (χ4v) is 1.03. The number of aromatic nitrogens is 3. The lowest BCUT2D eigenvalue weighted by atomic mass is 10.2. The Hall–Kier alpha value is -1.51. The summed E-state index contributed by atoms with van der Waals surface area (Å²) in [5, 5.41) is 12.1. The van der Waals surface area contributed by atoms with Gasteiger partial charge in [-0.2, -0.15) is 0 Å². The van der Waals surface area contributed by atoms with Crippen molar-refractivity contribution < 1.29 is 0 Å². The Kier molecular flexibility index (Phi) is 7.06. The third-order valence-corrected chi connectivity index (χ3v) is 1.58. The Morgan fingerprint density at radius 2 is 1.67 bits per heavy atom. The molecule has 0 aliphatic heterocycles. The van der Waals surface area contributed by atoms with Crippen molar-refractivity contribution in [2.24, 2.45) is 0 Å². The Balaban J connectivity index is 0.000000442. The summed E-state index contributed by atoms with van der Waals surface area (Å²) in [6, 6.07) is 5.99. The van der Waals surface area contributed by atoms with E-state index in [1.54, 1.807) is 6.20 Å². The van der Waals surface area contributed by atoms with Crippen molar-refractivity contribution in [3.8, 4) is 0 Å². The largest absolute Gasteiger partial charge is 0.138 e. The van der Waals surface area contributed by atoms with E-state index in [1.165, 1.54) is 5.56 Å². The van der Waals surface area contributed by atoms with Gasteiger partial charge in [0.15, 0.2) is 0 Å². The Bertz CT molecular complexity index is 385. The van der Waals surface area contributed by atoms with Crippen molar-refractivity contribution in [2.75, 3.05) is 0 Å². The van der Waals surface area contributed by atoms with Crippen molar-refractivity contribution in [3.63, 3.8) is 0 Å². The van der Waals surface area contributed by atoms with Crippen LogP contribution in [0.15, 0.2) is 24.4 Å². The molecule has 0 aliphatic carbocycles. The molecule has 0 amide bonds. The zero-order valence-electron chi connectivity index (χ0n) is 10.2. The first-order valence-electron chi connectivity index (χ1n) is 5.41. The maximum Gasteiger partial charge on any atom is 0.0963 e. The molecule has 0 spiro atoms. The van der Waals surface area contributed by atoms with Gasteiger partial charge in [-0.25, -0.2) is 0 Å². The van der Waals surface area contributed by atoms with Crippen LogP contribution < -0.4 is 0 Å². The van der Waals surface area contributed by atoms with Crippen LogP contribution in [-0.4, -0.2) is 15.4 Å². The van der Waals surface area contributed by atoms with Crippen LogP contribution in [0, 0.1) is 6.92 Å². The highest BCUT2D eigenvalue weighted by atomic mass is 15.3. The number of benzene rings is 1. The van der Waals surface area contributed by atoms with Crippen LogP contribution in [0.3, 0.4) is 0 Å². The predicted octanol–water partition coefficient (Wildman–Crippen LogP) is 3.39. The topological polar surface area (TPSA) is 38.7 Å². The van der Waals surface area contributed by atoms with E-state index in [-0.39, 0.29) is 0 Å². The second kappa shape index (κ2) is 7.85. The van der Waals surface area contributed by atoms with E-state index in [9.17, 15) is 0 Å². The molecule has 82 valence electrons. The molecular weight excluding hydrogens is 186 g/mol. The third-order valence-electron chi connectivity index (χ3n) is 1.58. The summed E-state index contributed by atoms with van der Waals surface area (Å²) in [5.41, 5.74) is 2.11. The molecule has 2 aromatic rings. The van der Waals surface area contributed by atoms with Gasteiger partial charge in [-0.3, -0.25) is 0 Å². The molecule has 0 fully saturated rings. The zero-order valence-corrected chi connectivity index (χ0v) is 10.2. The average Bonchev–Trinajstić information content (AvgIpc) is 2.34. The highest BCUT2D eigenvalue weighted by Gasteiger charge is 1.92. The molecule has 1 aromatic heterocycles. The molecule has 0 aliphatic rings. The van der Waals surface area contributed by atoms with Crippen LogP contribution in [-0.2, 0) is 0 Å². The van der Waals surface area contributed by atoms with Gasteiger partial charge >= 0.3 is 0 Å². The average molecular weight is 205 g/mol. The van der Waals surface area contributed by atoms with Crippen LogP contribution in [0.25, 0.3) is 10.9 Å². The van der Waals surface area contributed by atoms with E-state index in [4.69, 9.17) is 0 Å². The molecule has 0 saturated heterocycles. The monoisotopic (exact) mass is 205 g/mol. The van der Waals surface area contributed by atoms with Crippen LogP contribution in [0.4, 0.5) is 0 Å². The van der Waals surface area contributed by atoms with Gasteiger partial charge in [-0.1, -0.05) is 39.3 Å². The van der Waals surface area contributed by atoms with E-state index in [0.717, 1.165) is 10.9 Å². The highest BCUT2D eigenvalue weighted by molar-refractivity contribution is 5.77. The SMILES string of the molecule is CC.CC.Cc1ccc2nnncc2c1. The second-order valence-electron chi connectivity index (χ2n) is 2.50. The maximum absolute atomic E-state index is 3.86. The van der Waals surface area contributed by atoms with E-state index < -0.39 is 0 Å². The summed E-state index contributed by atoms with van der Waals surface area (Å²) in [6.07, 6.45) is 1.72. The number of rotatable bonds is 0. The van der Waals surface area contributed by atoms with Gasteiger partial charge in [-0.05, 0) is 24.3 Å². The lowest BCUT2D eigenvalue weighted by Crippen LogP contribution is -1.86. The number of fused-ring (bicyclic) bond motifs is 1. The summed E-state index contributed by atoms with van der Waals surface area (Å²) in [6.45, 7) is 10.0. The van der Waals surface area contributed by atoms with Crippen LogP contribution in [0.1, 0.15) is 33.3 Å². The minimum absolute atomic E-state index is 0.894. The zero-order chi connectivity index (χ0) is 11.7. The standard InChI is InChI=1S/C8H7N3.2C2H6/c1-6-2-3-8-7(4-6)5-9-11-10-8;2*1-2/h2-5H,1H3;2*1-2H3. The molecular formula is C12H19N3. The lowest BCUT2D eigenvalue weighted by Gasteiger charge is -1.94. The molecule has 3 heteroatoms. The first-order chi connectivity index (χ1) is 7.36. The van der Waals surface area contributed by atoms with E-state index in [0.29, 0.717) is 0 Å². The highest BCUT2D eigenvalue weighted by Crippen LogP contribution is 2.09. The molecule has 2 rings (SSSR count). The minimum atomic E-state index is 0.894. The van der Waals surface area contributed by atoms with Crippen LogP contribution in [0.2, 0.25) is 0 Å². The van der Waals surface area contributed by atoms with E-state index in [2.05, 4.69) is 15.4 Å². The van der Waals surface area contributed by atoms with E-state index >= 15 is 0 Å². The summed E-state index contributed by atoms with van der Waals surface area (Å²) >= 11 is 0.